The van der Waals surface area contributed by atoms with Crippen LogP contribution in [0.15, 0.2) is 30.3 Å². The topological polar surface area (TPSA) is 62.2 Å². The highest BCUT2D eigenvalue weighted by Gasteiger charge is 2.14. The van der Waals surface area contributed by atoms with E-state index in [1.807, 2.05) is 19.1 Å². The van der Waals surface area contributed by atoms with Crippen LogP contribution in [0.3, 0.4) is 0 Å². The zero-order valence-electron chi connectivity index (χ0n) is 10.6. The second-order valence-electron chi connectivity index (χ2n) is 4.11. The van der Waals surface area contributed by atoms with Gasteiger partial charge in [0.1, 0.15) is 11.4 Å². The number of carboxylic acids is 1. The van der Waals surface area contributed by atoms with Crippen molar-refractivity contribution >= 4 is 23.4 Å². The molecule has 5 heteroatoms. The molecule has 4 nitrogen and oxygen atoms in total. The lowest BCUT2D eigenvalue weighted by Crippen LogP contribution is -2.07. The Hall–Kier alpha value is -2.07. The van der Waals surface area contributed by atoms with Gasteiger partial charge in [0.05, 0.1) is 5.69 Å². The Morgan fingerprint density at radius 2 is 1.95 bits per heavy atom. The average Bonchev–Trinajstić information content (AvgIpc) is 2.39. The molecule has 0 aliphatic carbocycles. The molecular weight excluding hydrogens is 264 g/mol. The molecule has 0 radical (unpaired) electrons. The smallest absolute Gasteiger partial charge is 0.339 e. The quantitative estimate of drug-likeness (QED) is 0.901. The van der Waals surface area contributed by atoms with Crippen LogP contribution in [0.25, 0.3) is 11.3 Å². The number of aromatic carboxylic acids is 1. The first kappa shape index (κ1) is 13.4. The van der Waals surface area contributed by atoms with Crippen molar-refractivity contribution in [3.8, 4) is 11.3 Å². The van der Waals surface area contributed by atoms with Crippen molar-refractivity contribution in [1.29, 1.82) is 0 Å². The molecule has 98 valence electrons. The molecule has 0 saturated heterocycles. The minimum atomic E-state index is -0.998. The van der Waals surface area contributed by atoms with Crippen LogP contribution in [-0.4, -0.2) is 23.1 Å². The van der Waals surface area contributed by atoms with Crippen molar-refractivity contribution in [1.82, 2.24) is 4.98 Å². The Morgan fingerprint density at radius 3 is 2.47 bits per heavy atom. The Labute approximate surface area is 116 Å². The van der Waals surface area contributed by atoms with Gasteiger partial charge in [0, 0.05) is 17.6 Å². The number of aromatic nitrogens is 1. The predicted octanol–water partition coefficient (Wildman–Crippen LogP) is 3.45. The van der Waals surface area contributed by atoms with E-state index >= 15 is 0 Å². The summed E-state index contributed by atoms with van der Waals surface area (Å²) in [7, 11) is 1.65. The van der Waals surface area contributed by atoms with Crippen molar-refractivity contribution in [2.45, 2.75) is 6.92 Å². The second-order valence-corrected chi connectivity index (χ2v) is 4.55. The monoisotopic (exact) mass is 276 g/mol. The second kappa shape index (κ2) is 5.28. The van der Waals surface area contributed by atoms with Crippen LogP contribution in [0.4, 0.5) is 5.82 Å². The molecule has 2 rings (SSSR count). The van der Waals surface area contributed by atoms with E-state index in [2.05, 4.69) is 10.3 Å². The number of nitrogens with one attached hydrogen (secondary N) is 1. The number of anilines is 1. The number of benzene rings is 1. The van der Waals surface area contributed by atoms with Gasteiger partial charge in [-0.2, -0.15) is 0 Å². The van der Waals surface area contributed by atoms with E-state index in [0.717, 1.165) is 16.8 Å². The Morgan fingerprint density at radius 1 is 1.32 bits per heavy atom. The lowest BCUT2D eigenvalue weighted by Gasteiger charge is -2.11. The fourth-order valence-corrected chi connectivity index (χ4v) is 1.99. The van der Waals surface area contributed by atoms with Crippen LogP contribution in [0.1, 0.15) is 15.9 Å². The summed E-state index contributed by atoms with van der Waals surface area (Å²) in [6.45, 7) is 1.84. The summed E-state index contributed by atoms with van der Waals surface area (Å²) in [4.78, 5) is 15.5. The van der Waals surface area contributed by atoms with Crippen LogP contribution < -0.4 is 5.32 Å². The van der Waals surface area contributed by atoms with E-state index in [1.54, 1.807) is 25.2 Å². The summed E-state index contributed by atoms with van der Waals surface area (Å²) in [5, 5.41) is 12.6. The average molecular weight is 277 g/mol. The fraction of sp³-hybridized carbons (Fsp3) is 0.143. The standard InChI is InChI=1S/C14H13ClN2O2/c1-8-7-11(14(18)19)13(16-2)17-12(8)9-3-5-10(15)6-4-9/h3-7H,1-2H3,(H,16,17)(H,18,19). The van der Waals surface area contributed by atoms with E-state index in [9.17, 15) is 4.79 Å². The van der Waals surface area contributed by atoms with E-state index in [1.165, 1.54) is 0 Å². The predicted molar refractivity (Wildman–Crippen MR) is 75.9 cm³/mol. The number of carboxylic acid groups (broad SMARTS) is 1. The maximum Gasteiger partial charge on any atom is 0.339 e. The molecule has 0 fully saturated rings. The van der Waals surface area contributed by atoms with E-state index in [-0.39, 0.29) is 5.56 Å². The molecule has 0 saturated carbocycles. The van der Waals surface area contributed by atoms with Gasteiger partial charge < -0.3 is 10.4 Å². The zero-order chi connectivity index (χ0) is 14.0. The van der Waals surface area contributed by atoms with Crippen LogP contribution in [0.5, 0.6) is 0 Å². The van der Waals surface area contributed by atoms with Gasteiger partial charge in [-0.05, 0) is 30.7 Å². The summed E-state index contributed by atoms with van der Waals surface area (Å²) < 4.78 is 0. The maximum absolute atomic E-state index is 11.1. The summed E-state index contributed by atoms with van der Waals surface area (Å²) in [6, 6.07) is 8.89. The van der Waals surface area contributed by atoms with Crippen molar-refractivity contribution in [3.05, 3.63) is 46.5 Å². The highest BCUT2D eigenvalue weighted by Crippen LogP contribution is 2.26. The van der Waals surface area contributed by atoms with Gasteiger partial charge >= 0.3 is 5.97 Å². The van der Waals surface area contributed by atoms with Crippen LogP contribution in [-0.2, 0) is 0 Å². The minimum Gasteiger partial charge on any atom is -0.478 e. The Kier molecular flexibility index (Phi) is 3.71. The molecule has 1 aromatic carbocycles. The Balaban J connectivity index is 2.58. The molecule has 0 bridgehead atoms. The van der Waals surface area contributed by atoms with Gasteiger partial charge in [-0.25, -0.2) is 9.78 Å². The van der Waals surface area contributed by atoms with Crippen molar-refractivity contribution in [2.75, 3.05) is 12.4 Å². The number of rotatable bonds is 3. The molecule has 2 aromatic rings. The summed E-state index contributed by atoms with van der Waals surface area (Å²) in [5.41, 5.74) is 2.61. The largest absolute Gasteiger partial charge is 0.478 e. The Bertz CT molecular complexity index is 624. The summed E-state index contributed by atoms with van der Waals surface area (Å²) >= 11 is 5.85. The van der Waals surface area contributed by atoms with Crippen molar-refractivity contribution in [2.24, 2.45) is 0 Å². The van der Waals surface area contributed by atoms with E-state index in [4.69, 9.17) is 16.7 Å². The highest BCUT2D eigenvalue weighted by molar-refractivity contribution is 6.30. The third-order valence-corrected chi connectivity index (χ3v) is 3.05. The SMILES string of the molecule is CNc1nc(-c2ccc(Cl)cc2)c(C)cc1C(=O)O. The molecule has 0 spiro atoms. The van der Waals surface area contributed by atoms with Gasteiger partial charge in [0.2, 0.25) is 0 Å². The summed E-state index contributed by atoms with van der Waals surface area (Å²) in [5.74, 6) is -0.648. The van der Waals surface area contributed by atoms with E-state index < -0.39 is 5.97 Å². The first-order valence-electron chi connectivity index (χ1n) is 5.71. The lowest BCUT2D eigenvalue weighted by atomic mass is 10.0. The van der Waals surface area contributed by atoms with Crippen molar-refractivity contribution < 1.29 is 9.90 Å². The molecular formula is C14H13ClN2O2. The number of hydrogen-bond donors (Lipinski definition) is 2. The summed E-state index contributed by atoms with van der Waals surface area (Å²) in [6.07, 6.45) is 0. The molecule has 0 atom stereocenters. The van der Waals surface area contributed by atoms with Gasteiger partial charge in [0.15, 0.2) is 0 Å². The first-order valence-corrected chi connectivity index (χ1v) is 6.09. The van der Waals surface area contributed by atoms with Gasteiger partial charge in [-0.3, -0.25) is 0 Å². The number of nitrogens with zero attached hydrogens (tertiary/aromatic N) is 1. The first-order chi connectivity index (χ1) is 9.02. The molecule has 2 N–H and O–H groups in total. The number of aryl methyl sites for hydroxylation is 1. The van der Waals surface area contributed by atoms with Gasteiger partial charge in [0.25, 0.3) is 0 Å². The number of carbonyl (C=O) groups is 1. The molecule has 0 aliphatic rings. The number of hydrogen-bond acceptors (Lipinski definition) is 3. The van der Waals surface area contributed by atoms with Crippen LogP contribution in [0, 0.1) is 6.92 Å². The van der Waals surface area contributed by atoms with E-state index in [0.29, 0.717) is 10.8 Å². The molecule has 0 unspecified atom stereocenters. The third-order valence-electron chi connectivity index (χ3n) is 2.80. The molecule has 0 aliphatic heterocycles. The number of halogens is 1. The number of pyridine rings is 1. The fourth-order valence-electron chi connectivity index (χ4n) is 1.87. The molecule has 1 heterocycles. The van der Waals surface area contributed by atoms with Crippen LogP contribution in [0.2, 0.25) is 5.02 Å². The van der Waals surface area contributed by atoms with Gasteiger partial charge in [-0.1, -0.05) is 23.7 Å². The maximum atomic E-state index is 11.1. The van der Waals surface area contributed by atoms with Gasteiger partial charge in [-0.15, -0.1) is 0 Å². The van der Waals surface area contributed by atoms with Crippen LogP contribution >= 0.6 is 11.6 Å². The molecule has 1 aromatic heterocycles. The molecule has 19 heavy (non-hydrogen) atoms. The lowest BCUT2D eigenvalue weighted by molar-refractivity contribution is 0.0697. The minimum absolute atomic E-state index is 0.165. The highest BCUT2D eigenvalue weighted by atomic mass is 35.5. The molecule has 0 amide bonds. The normalized spacial score (nSPS) is 10.3. The third kappa shape index (κ3) is 2.69. The van der Waals surface area contributed by atoms with Crippen molar-refractivity contribution in [3.63, 3.8) is 0 Å². The zero-order valence-corrected chi connectivity index (χ0v) is 11.3.